The van der Waals surface area contributed by atoms with Crippen LogP contribution < -0.4 is 15.4 Å². The fraction of sp³-hybridized carbons (Fsp3) is 0.235. The van der Waals surface area contributed by atoms with Gasteiger partial charge in [0.1, 0.15) is 11.6 Å². The summed E-state index contributed by atoms with van der Waals surface area (Å²) in [5, 5.41) is 21.2. The molecule has 4 N–H and O–H groups in total. The number of ether oxygens (including phenoxy) is 1. The van der Waals surface area contributed by atoms with Crippen molar-refractivity contribution in [2.75, 3.05) is 12.4 Å². The summed E-state index contributed by atoms with van der Waals surface area (Å²) in [6.07, 6.45) is 1.76. The van der Waals surface area contributed by atoms with Gasteiger partial charge in [0.15, 0.2) is 5.96 Å². The van der Waals surface area contributed by atoms with Crippen molar-refractivity contribution in [3.8, 4) is 5.75 Å². The average Bonchev–Trinajstić information content (AvgIpc) is 2.55. The topological polar surface area (TPSA) is 107 Å². The molecule has 0 bridgehead atoms. The third-order valence-electron chi connectivity index (χ3n) is 2.81. The molecule has 0 spiro atoms. The smallest absolute Gasteiger partial charge is 0.300 e. The molecule has 0 atom stereocenters. The number of carboxylic acids is 1. The first-order chi connectivity index (χ1) is 11.4. The standard InChI is InChI=1S/C15H18N4O.C2H4O2/c1-11-7-8-14(17-9-11)19-15(16)18-10-12-5-3-4-6-13(12)20-2;1-2(3)4/h3-9H,10H2,1-2H3,(H3,16,17,18,19);1H3,(H,3,4). The van der Waals surface area contributed by atoms with Gasteiger partial charge in [-0.15, -0.1) is 0 Å². The number of carbonyl (C=O) groups is 1. The first kappa shape index (κ1) is 19.0. The number of nitrogens with zero attached hydrogens (tertiary/aromatic N) is 1. The predicted octanol–water partition coefficient (Wildman–Crippen LogP) is 2.63. The number of benzene rings is 1. The van der Waals surface area contributed by atoms with Crippen molar-refractivity contribution in [3.63, 3.8) is 0 Å². The molecule has 0 fully saturated rings. The van der Waals surface area contributed by atoms with Gasteiger partial charge in [0, 0.05) is 25.2 Å². The number of para-hydroxylation sites is 1. The Morgan fingerprint density at radius 1 is 1.29 bits per heavy atom. The van der Waals surface area contributed by atoms with Crippen molar-refractivity contribution in [2.24, 2.45) is 0 Å². The van der Waals surface area contributed by atoms with Crippen LogP contribution in [0.3, 0.4) is 0 Å². The van der Waals surface area contributed by atoms with Gasteiger partial charge in [-0.1, -0.05) is 24.3 Å². The van der Waals surface area contributed by atoms with Crippen LogP contribution >= 0.6 is 0 Å². The first-order valence-electron chi connectivity index (χ1n) is 7.26. The number of hydrogen-bond acceptors (Lipinski definition) is 4. The lowest BCUT2D eigenvalue weighted by molar-refractivity contribution is -0.134. The van der Waals surface area contributed by atoms with E-state index in [0.717, 1.165) is 23.8 Å². The number of aryl methyl sites for hydroxylation is 1. The van der Waals surface area contributed by atoms with Gasteiger partial charge in [-0.3, -0.25) is 10.2 Å². The molecule has 128 valence electrons. The number of anilines is 1. The Hall–Kier alpha value is -3.09. The lowest BCUT2D eigenvalue weighted by Crippen LogP contribution is -2.29. The molecule has 2 rings (SSSR count). The van der Waals surface area contributed by atoms with E-state index < -0.39 is 5.97 Å². The summed E-state index contributed by atoms with van der Waals surface area (Å²) in [6.45, 7) is 3.57. The fourth-order valence-corrected chi connectivity index (χ4v) is 1.75. The van der Waals surface area contributed by atoms with Gasteiger partial charge in [0.2, 0.25) is 0 Å². The van der Waals surface area contributed by atoms with Crippen LogP contribution in [0.25, 0.3) is 0 Å². The zero-order chi connectivity index (χ0) is 17.9. The third-order valence-corrected chi connectivity index (χ3v) is 2.81. The minimum atomic E-state index is -0.833. The van der Waals surface area contributed by atoms with E-state index in [1.807, 2.05) is 43.3 Å². The first-order valence-corrected chi connectivity index (χ1v) is 7.26. The van der Waals surface area contributed by atoms with Crippen LogP contribution in [0.1, 0.15) is 18.1 Å². The van der Waals surface area contributed by atoms with Crippen molar-refractivity contribution in [2.45, 2.75) is 20.4 Å². The summed E-state index contributed by atoms with van der Waals surface area (Å²) in [7, 11) is 1.64. The molecule has 0 aliphatic rings. The zero-order valence-corrected chi connectivity index (χ0v) is 14.0. The van der Waals surface area contributed by atoms with E-state index in [1.165, 1.54) is 0 Å². The molecule has 0 radical (unpaired) electrons. The SMILES string of the molecule is CC(=O)O.COc1ccccc1CNC(=N)Nc1ccc(C)cn1. The second kappa shape index (κ2) is 9.83. The number of carboxylic acid groups (broad SMARTS) is 1. The van der Waals surface area contributed by atoms with Gasteiger partial charge in [0.05, 0.1) is 7.11 Å². The van der Waals surface area contributed by atoms with Crippen LogP contribution in [0.4, 0.5) is 5.82 Å². The Labute approximate surface area is 141 Å². The van der Waals surface area contributed by atoms with Gasteiger partial charge in [-0.25, -0.2) is 4.98 Å². The van der Waals surface area contributed by atoms with Crippen molar-refractivity contribution in [3.05, 3.63) is 53.7 Å². The minimum absolute atomic E-state index is 0.201. The van der Waals surface area contributed by atoms with Crippen LogP contribution in [0.5, 0.6) is 5.75 Å². The van der Waals surface area contributed by atoms with Crippen LogP contribution in [0.15, 0.2) is 42.6 Å². The largest absolute Gasteiger partial charge is 0.496 e. The fourth-order valence-electron chi connectivity index (χ4n) is 1.75. The van der Waals surface area contributed by atoms with Crippen LogP contribution in [0, 0.1) is 12.3 Å². The molecule has 1 aromatic heterocycles. The zero-order valence-electron chi connectivity index (χ0n) is 14.0. The molecular weight excluding hydrogens is 308 g/mol. The molecule has 7 heteroatoms. The summed E-state index contributed by atoms with van der Waals surface area (Å²) in [5.74, 6) is 0.821. The van der Waals surface area contributed by atoms with E-state index in [9.17, 15) is 0 Å². The highest BCUT2D eigenvalue weighted by Crippen LogP contribution is 2.16. The molecule has 2 aromatic rings. The summed E-state index contributed by atoms with van der Waals surface area (Å²) < 4.78 is 5.27. The maximum Gasteiger partial charge on any atom is 0.300 e. The number of guanidine groups is 1. The van der Waals surface area contributed by atoms with Gasteiger partial charge in [0.25, 0.3) is 5.97 Å². The quantitative estimate of drug-likeness (QED) is 0.507. The summed E-state index contributed by atoms with van der Waals surface area (Å²) in [6, 6.07) is 11.5. The summed E-state index contributed by atoms with van der Waals surface area (Å²) >= 11 is 0. The summed E-state index contributed by atoms with van der Waals surface area (Å²) in [4.78, 5) is 13.2. The Balaban J connectivity index is 0.000000648. The van der Waals surface area contributed by atoms with Crippen LogP contribution in [0.2, 0.25) is 0 Å². The molecule has 0 unspecified atom stereocenters. The number of nitrogens with one attached hydrogen (secondary N) is 3. The highest BCUT2D eigenvalue weighted by molar-refractivity contribution is 5.90. The van der Waals surface area contributed by atoms with Crippen LogP contribution in [-0.2, 0) is 11.3 Å². The molecule has 1 aromatic carbocycles. The molecule has 7 nitrogen and oxygen atoms in total. The molecule has 0 amide bonds. The van der Waals surface area contributed by atoms with E-state index >= 15 is 0 Å². The number of methoxy groups -OCH3 is 1. The van der Waals surface area contributed by atoms with E-state index in [-0.39, 0.29) is 5.96 Å². The lowest BCUT2D eigenvalue weighted by atomic mass is 10.2. The molecule has 0 aliphatic carbocycles. The van der Waals surface area contributed by atoms with E-state index in [2.05, 4.69) is 15.6 Å². The minimum Gasteiger partial charge on any atom is -0.496 e. The number of pyridine rings is 1. The summed E-state index contributed by atoms with van der Waals surface area (Å²) in [5.41, 5.74) is 2.09. The molecule has 0 saturated carbocycles. The monoisotopic (exact) mass is 330 g/mol. The van der Waals surface area contributed by atoms with E-state index in [0.29, 0.717) is 12.4 Å². The van der Waals surface area contributed by atoms with E-state index in [1.54, 1.807) is 13.3 Å². The number of rotatable bonds is 4. The van der Waals surface area contributed by atoms with Crippen molar-refractivity contribution >= 4 is 17.7 Å². The number of hydrogen-bond donors (Lipinski definition) is 4. The van der Waals surface area contributed by atoms with Gasteiger partial charge in [-0.2, -0.15) is 0 Å². The van der Waals surface area contributed by atoms with Gasteiger partial charge in [-0.05, 0) is 24.6 Å². The molecule has 1 heterocycles. The van der Waals surface area contributed by atoms with Gasteiger partial charge < -0.3 is 20.5 Å². The molecule has 0 aliphatic heterocycles. The molecule has 24 heavy (non-hydrogen) atoms. The van der Waals surface area contributed by atoms with Crippen LogP contribution in [-0.4, -0.2) is 29.1 Å². The normalized spacial score (nSPS) is 9.29. The number of aromatic nitrogens is 1. The average molecular weight is 330 g/mol. The van der Waals surface area contributed by atoms with Crippen molar-refractivity contribution < 1.29 is 14.6 Å². The Bertz CT molecular complexity index is 668. The second-order valence-electron chi connectivity index (χ2n) is 4.91. The van der Waals surface area contributed by atoms with Crippen molar-refractivity contribution in [1.29, 1.82) is 5.41 Å². The maximum atomic E-state index is 9.00. The molecule has 0 saturated heterocycles. The van der Waals surface area contributed by atoms with Crippen molar-refractivity contribution in [1.82, 2.24) is 10.3 Å². The lowest BCUT2D eigenvalue weighted by Gasteiger charge is -2.12. The maximum absolute atomic E-state index is 9.00. The Morgan fingerprint density at radius 2 is 1.96 bits per heavy atom. The Kier molecular flexibility index (Phi) is 7.77. The Morgan fingerprint density at radius 3 is 2.54 bits per heavy atom. The van der Waals surface area contributed by atoms with E-state index in [4.69, 9.17) is 20.0 Å². The molecular formula is C17H22N4O3. The highest BCUT2D eigenvalue weighted by Gasteiger charge is 2.03. The highest BCUT2D eigenvalue weighted by atomic mass is 16.5. The number of aliphatic carboxylic acids is 1. The van der Waals surface area contributed by atoms with Gasteiger partial charge >= 0.3 is 0 Å². The second-order valence-corrected chi connectivity index (χ2v) is 4.91. The predicted molar refractivity (Wildman–Crippen MR) is 93.5 cm³/mol. The third kappa shape index (κ3) is 7.26.